The van der Waals surface area contributed by atoms with Crippen molar-refractivity contribution in [2.45, 2.75) is 32.4 Å². The third-order valence-corrected chi connectivity index (χ3v) is 3.86. The van der Waals surface area contributed by atoms with E-state index >= 15 is 0 Å². The van der Waals surface area contributed by atoms with E-state index in [1.807, 2.05) is 25.1 Å². The molecule has 2 unspecified atom stereocenters. The van der Waals surface area contributed by atoms with Gasteiger partial charge >= 0.3 is 0 Å². The Bertz CT molecular complexity index is 487. The maximum absolute atomic E-state index is 9.66. The molecule has 1 fully saturated rings. The lowest BCUT2D eigenvalue weighted by Crippen LogP contribution is -2.24. The molecule has 1 saturated heterocycles. The lowest BCUT2D eigenvalue weighted by Gasteiger charge is -2.18. The van der Waals surface area contributed by atoms with Crippen LogP contribution >= 0.6 is 0 Å². The Morgan fingerprint density at radius 3 is 2.90 bits per heavy atom. The van der Waals surface area contributed by atoms with Gasteiger partial charge in [-0.2, -0.15) is 0 Å². The zero-order valence-corrected chi connectivity index (χ0v) is 12.0. The molecule has 0 bridgehead atoms. The Morgan fingerprint density at radius 2 is 2.20 bits per heavy atom. The van der Waals surface area contributed by atoms with Crippen LogP contribution in [0, 0.1) is 17.8 Å². The first-order chi connectivity index (χ1) is 9.70. The molecule has 0 spiro atoms. The summed E-state index contributed by atoms with van der Waals surface area (Å²) in [6, 6.07) is 8.17. The van der Waals surface area contributed by atoms with Crippen molar-refractivity contribution in [1.82, 2.24) is 4.90 Å². The molecule has 1 aliphatic heterocycles. The number of rotatable bonds is 4. The van der Waals surface area contributed by atoms with Gasteiger partial charge in [0.2, 0.25) is 0 Å². The second kappa shape index (κ2) is 7.44. The molecule has 0 amide bonds. The van der Waals surface area contributed by atoms with Crippen LogP contribution in [0.4, 0.5) is 0 Å². The molecule has 0 saturated carbocycles. The zero-order valence-electron chi connectivity index (χ0n) is 12.0. The number of aliphatic hydroxyl groups is 2. The summed E-state index contributed by atoms with van der Waals surface area (Å²) < 4.78 is 0. The molecule has 2 rings (SSSR count). The maximum Gasteiger partial charge on any atom is 0.0552 e. The quantitative estimate of drug-likeness (QED) is 0.819. The second-order valence-corrected chi connectivity index (χ2v) is 5.46. The summed E-state index contributed by atoms with van der Waals surface area (Å²) in [7, 11) is 0. The number of aliphatic hydroxyl groups excluding tert-OH is 2. The largest absolute Gasteiger partial charge is 0.395 e. The van der Waals surface area contributed by atoms with E-state index in [9.17, 15) is 5.11 Å². The van der Waals surface area contributed by atoms with Gasteiger partial charge < -0.3 is 10.2 Å². The van der Waals surface area contributed by atoms with Crippen molar-refractivity contribution >= 4 is 0 Å². The Hall–Kier alpha value is -1.34. The summed E-state index contributed by atoms with van der Waals surface area (Å²) in [4.78, 5) is 2.38. The number of hydrogen-bond donors (Lipinski definition) is 2. The molecule has 3 nitrogen and oxygen atoms in total. The first-order valence-electron chi connectivity index (χ1n) is 7.28. The van der Waals surface area contributed by atoms with Crippen molar-refractivity contribution in [2.24, 2.45) is 5.92 Å². The predicted octanol–water partition coefficient (Wildman–Crippen LogP) is 1.62. The fourth-order valence-electron chi connectivity index (χ4n) is 2.63. The lowest BCUT2D eigenvalue weighted by atomic mass is 10.0. The summed E-state index contributed by atoms with van der Waals surface area (Å²) in [6.45, 7) is 4.86. The first-order valence-corrected chi connectivity index (χ1v) is 7.28. The van der Waals surface area contributed by atoms with Crippen LogP contribution in [0.25, 0.3) is 0 Å². The van der Waals surface area contributed by atoms with Gasteiger partial charge in [0.15, 0.2) is 0 Å². The van der Waals surface area contributed by atoms with E-state index in [4.69, 9.17) is 5.11 Å². The highest BCUT2D eigenvalue weighted by atomic mass is 16.3. The van der Waals surface area contributed by atoms with Gasteiger partial charge in [0.05, 0.1) is 12.7 Å². The van der Waals surface area contributed by atoms with Crippen LogP contribution in [0.2, 0.25) is 0 Å². The van der Waals surface area contributed by atoms with Crippen LogP contribution in [0.3, 0.4) is 0 Å². The van der Waals surface area contributed by atoms with E-state index < -0.39 is 0 Å². The smallest absolute Gasteiger partial charge is 0.0552 e. The van der Waals surface area contributed by atoms with Crippen molar-refractivity contribution < 1.29 is 10.2 Å². The lowest BCUT2D eigenvalue weighted by molar-refractivity contribution is 0.127. The van der Waals surface area contributed by atoms with Crippen LogP contribution < -0.4 is 0 Å². The van der Waals surface area contributed by atoms with Crippen LogP contribution in [-0.4, -0.2) is 40.9 Å². The molecule has 2 N–H and O–H groups in total. The van der Waals surface area contributed by atoms with Gasteiger partial charge in [0, 0.05) is 25.1 Å². The topological polar surface area (TPSA) is 43.7 Å². The molecule has 108 valence electrons. The Labute approximate surface area is 121 Å². The van der Waals surface area contributed by atoms with Gasteiger partial charge in [-0.15, -0.1) is 0 Å². The van der Waals surface area contributed by atoms with E-state index in [0.29, 0.717) is 12.3 Å². The van der Waals surface area contributed by atoms with Crippen molar-refractivity contribution in [3.05, 3.63) is 35.4 Å². The summed E-state index contributed by atoms with van der Waals surface area (Å²) in [5.41, 5.74) is 2.27. The SMILES string of the molecule is CC(O)C1CCN(Cc2ccccc2C#CCCO)C1. The van der Waals surface area contributed by atoms with Crippen molar-refractivity contribution in [1.29, 1.82) is 0 Å². The standard InChI is InChI=1S/C17H23NO2/c1-14(20)16-9-10-18(12-16)13-17-8-3-2-6-15(17)7-4-5-11-19/h2-3,6,8,14,16,19-20H,5,9-13H2,1H3. The van der Waals surface area contributed by atoms with Crippen LogP contribution in [0.15, 0.2) is 24.3 Å². The van der Waals surface area contributed by atoms with E-state index in [2.05, 4.69) is 22.8 Å². The highest BCUT2D eigenvalue weighted by Crippen LogP contribution is 2.22. The molecule has 3 heteroatoms. The number of nitrogens with zero attached hydrogens (tertiary/aromatic N) is 1. The van der Waals surface area contributed by atoms with E-state index in [1.165, 1.54) is 5.56 Å². The zero-order chi connectivity index (χ0) is 14.4. The monoisotopic (exact) mass is 273 g/mol. The summed E-state index contributed by atoms with van der Waals surface area (Å²) in [5.74, 6) is 6.51. The van der Waals surface area contributed by atoms with E-state index in [-0.39, 0.29) is 12.7 Å². The van der Waals surface area contributed by atoms with E-state index in [1.54, 1.807) is 0 Å². The molecule has 1 aliphatic rings. The molecule has 1 aromatic rings. The predicted molar refractivity (Wildman–Crippen MR) is 80.1 cm³/mol. The van der Waals surface area contributed by atoms with Crippen molar-refractivity contribution in [3.8, 4) is 11.8 Å². The van der Waals surface area contributed by atoms with Gasteiger partial charge in [0.1, 0.15) is 0 Å². The second-order valence-electron chi connectivity index (χ2n) is 5.46. The Morgan fingerprint density at radius 1 is 1.40 bits per heavy atom. The molecule has 0 aliphatic carbocycles. The molecule has 0 radical (unpaired) electrons. The highest BCUT2D eigenvalue weighted by molar-refractivity contribution is 5.41. The molecule has 20 heavy (non-hydrogen) atoms. The Balaban J connectivity index is 2.02. The van der Waals surface area contributed by atoms with Gasteiger partial charge in [0.25, 0.3) is 0 Å². The third kappa shape index (κ3) is 4.08. The minimum Gasteiger partial charge on any atom is -0.395 e. The number of benzene rings is 1. The van der Waals surface area contributed by atoms with Crippen LogP contribution in [-0.2, 0) is 6.54 Å². The van der Waals surface area contributed by atoms with Gasteiger partial charge in [-0.1, -0.05) is 30.0 Å². The van der Waals surface area contributed by atoms with E-state index in [0.717, 1.165) is 31.6 Å². The molecule has 1 heterocycles. The third-order valence-electron chi connectivity index (χ3n) is 3.86. The Kier molecular flexibility index (Phi) is 5.60. The summed E-state index contributed by atoms with van der Waals surface area (Å²) in [5, 5.41) is 18.5. The first kappa shape index (κ1) is 15.1. The summed E-state index contributed by atoms with van der Waals surface area (Å²) in [6.07, 6.45) is 1.36. The number of hydrogen-bond acceptors (Lipinski definition) is 3. The minimum atomic E-state index is -0.223. The van der Waals surface area contributed by atoms with Crippen molar-refractivity contribution in [3.63, 3.8) is 0 Å². The normalized spacial score (nSPS) is 20.4. The minimum absolute atomic E-state index is 0.108. The van der Waals surface area contributed by atoms with Crippen LogP contribution in [0.5, 0.6) is 0 Å². The average molecular weight is 273 g/mol. The van der Waals surface area contributed by atoms with Gasteiger partial charge in [-0.25, -0.2) is 0 Å². The van der Waals surface area contributed by atoms with Gasteiger partial charge in [-0.05, 0) is 37.4 Å². The molecular formula is C17H23NO2. The summed E-state index contributed by atoms with van der Waals surface area (Å²) >= 11 is 0. The maximum atomic E-state index is 9.66. The molecule has 1 aromatic carbocycles. The fraction of sp³-hybridized carbons (Fsp3) is 0.529. The highest BCUT2D eigenvalue weighted by Gasteiger charge is 2.25. The molecule has 0 aromatic heterocycles. The average Bonchev–Trinajstić information content (AvgIpc) is 2.90. The number of likely N-dealkylation sites (tertiary alicyclic amines) is 1. The molecular weight excluding hydrogens is 250 g/mol. The van der Waals surface area contributed by atoms with Gasteiger partial charge in [-0.3, -0.25) is 4.90 Å². The fourth-order valence-corrected chi connectivity index (χ4v) is 2.63. The van der Waals surface area contributed by atoms with Crippen LogP contribution in [0.1, 0.15) is 30.9 Å². The molecule has 2 atom stereocenters. The van der Waals surface area contributed by atoms with Crippen molar-refractivity contribution in [2.75, 3.05) is 19.7 Å².